The molecule has 0 aliphatic carbocycles. The van der Waals surface area contributed by atoms with Gasteiger partial charge >= 0.3 is 0 Å². The zero-order valence-corrected chi connectivity index (χ0v) is 15.3. The van der Waals surface area contributed by atoms with Gasteiger partial charge in [0.25, 0.3) is 0 Å². The lowest BCUT2D eigenvalue weighted by Crippen LogP contribution is -2.19. The molecule has 126 valence electrons. The Morgan fingerprint density at radius 1 is 1.27 bits per heavy atom. The topological polar surface area (TPSA) is 58.4 Å². The number of nitrogens with zero attached hydrogens (tertiary/aromatic N) is 3. The first-order chi connectivity index (χ1) is 10.6. The van der Waals surface area contributed by atoms with Crippen molar-refractivity contribution >= 4 is 28.4 Å². The summed E-state index contributed by atoms with van der Waals surface area (Å²) in [6, 6.07) is 0. The molecule has 0 saturated carbocycles. The number of thiocarbonyl (C=S) groups is 1. The maximum absolute atomic E-state index is 5.52. The lowest BCUT2D eigenvalue weighted by Gasteiger charge is -2.16. The average molecular weight is 348 g/mol. The molecule has 1 rings (SSSR count). The molecule has 8 heteroatoms. The van der Waals surface area contributed by atoms with E-state index in [1.54, 1.807) is 4.68 Å². The highest BCUT2D eigenvalue weighted by Gasteiger charge is 2.15. The Bertz CT molecular complexity index is 437. The molecule has 1 heterocycles. The van der Waals surface area contributed by atoms with Gasteiger partial charge in [0.2, 0.25) is 4.38 Å². The van der Waals surface area contributed by atoms with Crippen molar-refractivity contribution in [1.82, 2.24) is 15.0 Å². The van der Waals surface area contributed by atoms with Crippen LogP contribution in [0.1, 0.15) is 45.1 Å². The third-order valence-electron chi connectivity index (χ3n) is 2.81. The first kappa shape index (κ1) is 19.3. The summed E-state index contributed by atoms with van der Waals surface area (Å²) in [5.74, 6) is 0. The van der Waals surface area contributed by atoms with Crippen molar-refractivity contribution in [3.8, 4) is 0 Å². The predicted molar refractivity (Wildman–Crippen MR) is 91.9 cm³/mol. The number of hydrogen-bond donors (Lipinski definition) is 0. The standard InChI is InChI=1S/C14H25N3O3S2/c1-5-18-13(19-6-2)8-9-17-10-12(15-16-17)11(4)22-14(21)20-7-3/h10-11,13H,5-9H2,1-4H3. The Balaban J connectivity index is 2.47. The fraction of sp³-hybridized carbons (Fsp3) is 0.786. The third-order valence-corrected chi connectivity index (χ3v) is 4.12. The molecule has 6 nitrogen and oxygen atoms in total. The van der Waals surface area contributed by atoms with Gasteiger partial charge in [-0.3, -0.25) is 4.68 Å². The Kier molecular flexibility index (Phi) is 9.61. The van der Waals surface area contributed by atoms with E-state index in [1.165, 1.54) is 11.8 Å². The lowest BCUT2D eigenvalue weighted by atomic mass is 10.3. The molecule has 0 aromatic carbocycles. The normalized spacial score (nSPS) is 12.6. The molecule has 0 N–H and O–H groups in total. The van der Waals surface area contributed by atoms with Gasteiger partial charge < -0.3 is 14.2 Å². The van der Waals surface area contributed by atoms with E-state index in [0.29, 0.717) is 30.7 Å². The van der Waals surface area contributed by atoms with Crippen molar-refractivity contribution in [3.63, 3.8) is 0 Å². The van der Waals surface area contributed by atoms with Crippen molar-refractivity contribution in [1.29, 1.82) is 0 Å². The summed E-state index contributed by atoms with van der Waals surface area (Å²) in [5.41, 5.74) is 0.886. The van der Waals surface area contributed by atoms with Crippen LogP contribution in [0.5, 0.6) is 0 Å². The lowest BCUT2D eigenvalue weighted by molar-refractivity contribution is -0.141. The quantitative estimate of drug-likeness (QED) is 0.476. The van der Waals surface area contributed by atoms with E-state index in [2.05, 4.69) is 10.3 Å². The minimum absolute atomic E-state index is 0.113. The number of aryl methyl sites for hydroxylation is 1. The summed E-state index contributed by atoms with van der Waals surface area (Å²) in [5, 5.41) is 8.45. The Hall–Kier alpha value is -0.700. The van der Waals surface area contributed by atoms with Crippen LogP contribution in [0, 0.1) is 0 Å². The number of ether oxygens (including phenoxy) is 3. The Morgan fingerprint density at radius 3 is 2.55 bits per heavy atom. The second-order valence-corrected chi connectivity index (χ2v) is 6.42. The first-order valence-corrected chi connectivity index (χ1v) is 8.86. The Morgan fingerprint density at radius 2 is 1.95 bits per heavy atom. The highest BCUT2D eigenvalue weighted by molar-refractivity contribution is 8.22. The van der Waals surface area contributed by atoms with Crippen LogP contribution in [0.3, 0.4) is 0 Å². The minimum atomic E-state index is -0.194. The molecule has 0 aliphatic heterocycles. The maximum atomic E-state index is 5.52. The van der Waals surface area contributed by atoms with Crippen LogP contribution in [0.4, 0.5) is 0 Å². The van der Waals surface area contributed by atoms with Crippen LogP contribution in [-0.4, -0.2) is 45.5 Å². The monoisotopic (exact) mass is 347 g/mol. The number of thioether (sulfide) groups is 1. The minimum Gasteiger partial charge on any atom is -0.479 e. The Labute approximate surface area is 141 Å². The van der Waals surface area contributed by atoms with Crippen molar-refractivity contribution in [3.05, 3.63) is 11.9 Å². The molecule has 22 heavy (non-hydrogen) atoms. The maximum Gasteiger partial charge on any atom is 0.220 e. The van der Waals surface area contributed by atoms with E-state index in [1.807, 2.05) is 33.9 Å². The fourth-order valence-electron chi connectivity index (χ4n) is 1.79. The van der Waals surface area contributed by atoms with E-state index in [0.717, 1.165) is 12.1 Å². The molecule has 0 saturated heterocycles. The van der Waals surface area contributed by atoms with Crippen molar-refractivity contribution in [2.75, 3.05) is 19.8 Å². The van der Waals surface area contributed by atoms with Gasteiger partial charge in [0.05, 0.1) is 17.6 Å². The molecule has 0 spiro atoms. The summed E-state index contributed by atoms with van der Waals surface area (Å²) >= 11 is 6.61. The summed E-state index contributed by atoms with van der Waals surface area (Å²) < 4.78 is 18.7. The van der Waals surface area contributed by atoms with Crippen LogP contribution >= 0.6 is 24.0 Å². The summed E-state index contributed by atoms with van der Waals surface area (Å²) in [7, 11) is 0. The van der Waals surface area contributed by atoms with Crippen LogP contribution in [-0.2, 0) is 20.8 Å². The van der Waals surface area contributed by atoms with E-state index < -0.39 is 0 Å². The van der Waals surface area contributed by atoms with Crippen LogP contribution in [0.25, 0.3) is 0 Å². The second-order valence-electron chi connectivity index (χ2n) is 4.48. The molecule has 0 amide bonds. The van der Waals surface area contributed by atoms with Gasteiger partial charge in [-0.15, -0.1) is 5.10 Å². The highest BCUT2D eigenvalue weighted by atomic mass is 32.2. The van der Waals surface area contributed by atoms with Gasteiger partial charge in [-0.1, -0.05) is 17.0 Å². The second kappa shape index (κ2) is 10.9. The van der Waals surface area contributed by atoms with E-state index in [4.69, 9.17) is 26.4 Å². The van der Waals surface area contributed by atoms with Crippen molar-refractivity contribution in [2.24, 2.45) is 0 Å². The largest absolute Gasteiger partial charge is 0.479 e. The van der Waals surface area contributed by atoms with Gasteiger partial charge in [-0.05, 0) is 39.9 Å². The summed E-state index contributed by atoms with van der Waals surface area (Å²) in [4.78, 5) is 0. The van der Waals surface area contributed by atoms with Crippen LogP contribution in [0.15, 0.2) is 6.20 Å². The number of aromatic nitrogens is 3. The molecule has 0 radical (unpaired) electrons. The molecule has 0 aliphatic rings. The SMILES string of the molecule is CCOC(=S)SC(C)c1cn(CCC(OCC)OCC)nn1. The van der Waals surface area contributed by atoms with Crippen molar-refractivity contribution in [2.45, 2.75) is 52.2 Å². The molecule has 1 aromatic heterocycles. The molecular weight excluding hydrogens is 322 g/mol. The van der Waals surface area contributed by atoms with Gasteiger partial charge in [0.1, 0.15) is 0 Å². The third kappa shape index (κ3) is 7.04. The predicted octanol–water partition coefficient (Wildman–Crippen LogP) is 3.18. The summed E-state index contributed by atoms with van der Waals surface area (Å²) in [6.45, 7) is 10.4. The van der Waals surface area contributed by atoms with Gasteiger partial charge in [0, 0.05) is 32.4 Å². The fourth-order valence-corrected chi connectivity index (χ4v) is 3.04. The van der Waals surface area contributed by atoms with E-state index in [-0.39, 0.29) is 11.5 Å². The zero-order valence-electron chi connectivity index (χ0n) is 13.7. The molecule has 1 unspecified atom stereocenters. The van der Waals surface area contributed by atoms with Crippen LogP contribution < -0.4 is 0 Å². The van der Waals surface area contributed by atoms with Gasteiger partial charge in [-0.2, -0.15) is 0 Å². The van der Waals surface area contributed by atoms with Gasteiger partial charge in [0.15, 0.2) is 6.29 Å². The van der Waals surface area contributed by atoms with E-state index in [9.17, 15) is 0 Å². The smallest absolute Gasteiger partial charge is 0.220 e. The molecule has 1 atom stereocenters. The zero-order chi connectivity index (χ0) is 16.4. The number of hydrogen-bond acceptors (Lipinski definition) is 7. The highest BCUT2D eigenvalue weighted by Crippen LogP contribution is 2.28. The van der Waals surface area contributed by atoms with Crippen LogP contribution in [0.2, 0.25) is 0 Å². The molecule has 0 fully saturated rings. The summed E-state index contributed by atoms with van der Waals surface area (Å²) in [6.07, 6.45) is 2.48. The average Bonchev–Trinajstić information content (AvgIpc) is 2.94. The van der Waals surface area contributed by atoms with E-state index >= 15 is 0 Å². The van der Waals surface area contributed by atoms with Gasteiger partial charge in [-0.25, -0.2) is 0 Å². The molecule has 0 bridgehead atoms. The first-order valence-electron chi connectivity index (χ1n) is 7.57. The molecular formula is C14H25N3O3S2. The molecule has 1 aromatic rings. The number of rotatable bonds is 10. The van der Waals surface area contributed by atoms with Crippen molar-refractivity contribution < 1.29 is 14.2 Å².